The number of aromatic hydroxyl groups is 1. The van der Waals surface area contributed by atoms with E-state index in [0.29, 0.717) is 56.7 Å². The summed E-state index contributed by atoms with van der Waals surface area (Å²) in [5.74, 6) is 0.931. The number of nitrogens with one attached hydrogen (secondary N) is 1. The van der Waals surface area contributed by atoms with Crippen molar-refractivity contribution in [2.45, 2.75) is 33.4 Å². The number of H-pyrrole nitrogens is 1. The second-order valence-corrected chi connectivity index (χ2v) is 8.81. The number of fused-ring (bicyclic) bond motifs is 3. The summed E-state index contributed by atoms with van der Waals surface area (Å²) in [6.07, 6.45) is 3.79. The second kappa shape index (κ2) is 11.1. The molecule has 2 heterocycles. The van der Waals surface area contributed by atoms with Crippen LogP contribution in [-0.4, -0.2) is 58.5 Å². The molecule has 0 fully saturated rings. The van der Waals surface area contributed by atoms with Crippen LogP contribution in [0.15, 0.2) is 30.5 Å². The molecule has 186 valence electrons. The Balaban J connectivity index is 1.86. The van der Waals surface area contributed by atoms with Gasteiger partial charge in [-0.2, -0.15) is 5.10 Å². The third-order valence-corrected chi connectivity index (χ3v) is 6.29. The van der Waals surface area contributed by atoms with Crippen LogP contribution in [0.2, 0.25) is 5.02 Å². The molecule has 0 atom stereocenters. The van der Waals surface area contributed by atoms with Gasteiger partial charge in [0.1, 0.15) is 19.0 Å². The van der Waals surface area contributed by atoms with Gasteiger partial charge >= 0.3 is 0 Å². The molecule has 9 heteroatoms. The Bertz CT molecular complexity index is 1320. The Morgan fingerprint density at radius 3 is 2.54 bits per heavy atom. The Morgan fingerprint density at radius 1 is 1.11 bits per heavy atom. The Kier molecular flexibility index (Phi) is 7.93. The number of phenols is 1. The quantitative estimate of drug-likeness (QED) is 0.258. The normalized spacial score (nSPS) is 11.6. The van der Waals surface area contributed by atoms with Crippen LogP contribution >= 0.6 is 11.6 Å². The monoisotopic (exact) mass is 500 g/mol. The van der Waals surface area contributed by atoms with E-state index in [1.807, 2.05) is 0 Å². The molecule has 7 nitrogen and oxygen atoms in total. The highest BCUT2D eigenvalue weighted by Crippen LogP contribution is 2.45. The second-order valence-electron chi connectivity index (χ2n) is 8.40. The zero-order valence-corrected chi connectivity index (χ0v) is 21.0. The zero-order chi connectivity index (χ0) is 24.9. The first kappa shape index (κ1) is 25.0. The highest BCUT2D eigenvalue weighted by atomic mass is 35.5. The summed E-state index contributed by atoms with van der Waals surface area (Å²) in [5, 5.41) is 19.1. The number of pyridine rings is 1. The maximum atomic E-state index is 14.5. The smallest absolute Gasteiger partial charge is 0.169 e. The van der Waals surface area contributed by atoms with Crippen LogP contribution in [0, 0.1) is 0 Å². The van der Waals surface area contributed by atoms with Gasteiger partial charge in [0.2, 0.25) is 0 Å². The van der Waals surface area contributed by atoms with Gasteiger partial charge in [0.05, 0.1) is 29.4 Å². The van der Waals surface area contributed by atoms with Gasteiger partial charge in [-0.05, 0) is 55.8 Å². The molecule has 0 aliphatic carbocycles. The average molecular weight is 501 g/mol. The van der Waals surface area contributed by atoms with Crippen LogP contribution in [0.5, 0.6) is 17.2 Å². The fraction of sp³-hybridized carbons (Fsp3) is 0.385. The minimum atomic E-state index is -0.724. The summed E-state index contributed by atoms with van der Waals surface area (Å²) >= 11 is 6.18. The minimum Gasteiger partial charge on any atom is -0.506 e. The van der Waals surface area contributed by atoms with Gasteiger partial charge in [-0.25, -0.2) is 9.37 Å². The van der Waals surface area contributed by atoms with Crippen LogP contribution in [-0.2, 0) is 6.67 Å². The number of hydrogen-bond donors (Lipinski definition) is 2. The molecule has 0 saturated heterocycles. The third kappa shape index (κ3) is 4.99. The molecule has 4 rings (SSSR count). The van der Waals surface area contributed by atoms with E-state index < -0.39 is 6.67 Å². The minimum absolute atomic E-state index is 0.0403. The van der Waals surface area contributed by atoms with Crippen molar-refractivity contribution in [3.63, 3.8) is 0 Å². The van der Waals surface area contributed by atoms with E-state index in [1.54, 1.807) is 31.5 Å². The van der Waals surface area contributed by atoms with Gasteiger partial charge in [0.15, 0.2) is 17.1 Å². The van der Waals surface area contributed by atoms with Gasteiger partial charge < -0.3 is 14.6 Å². The highest BCUT2D eigenvalue weighted by Gasteiger charge is 2.23. The van der Waals surface area contributed by atoms with E-state index in [-0.39, 0.29) is 10.8 Å². The fourth-order valence-electron chi connectivity index (χ4n) is 4.47. The van der Waals surface area contributed by atoms with Crippen molar-refractivity contribution in [2.75, 3.05) is 33.4 Å². The molecule has 35 heavy (non-hydrogen) atoms. The summed E-state index contributed by atoms with van der Waals surface area (Å²) in [4.78, 5) is 7.07. The van der Waals surface area contributed by atoms with E-state index in [9.17, 15) is 9.50 Å². The van der Waals surface area contributed by atoms with Gasteiger partial charge in [-0.15, -0.1) is 0 Å². The average Bonchev–Trinajstić information content (AvgIpc) is 3.33. The topological polar surface area (TPSA) is 83.5 Å². The van der Waals surface area contributed by atoms with E-state index in [0.717, 1.165) is 32.5 Å². The molecule has 2 aromatic heterocycles. The molecule has 2 N–H and O–H groups in total. The lowest BCUT2D eigenvalue weighted by molar-refractivity contribution is 0.205. The number of benzene rings is 2. The van der Waals surface area contributed by atoms with Crippen LogP contribution in [0.1, 0.15) is 32.3 Å². The lowest BCUT2D eigenvalue weighted by atomic mass is 9.96. The van der Waals surface area contributed by atoms with Crippen molar-refractivity contribution < 1.29 is 19.0 Å². The largest absolute Gasteiger partial charge is 0.506 e. The number of rotatable bonds is 11. The van der Waals surface area contributed by atoms with Crippen molar-refractivity contribution in [1.29, 1.82) is 0 Å². The maximum Gasteiger partial charge on any atom is 0.169 e. The number of nitrogens with zero attached hydrogens (tertiary/aromatic N) is 3. The van der Waals surface area contributed by atoms with Gasteiger partial charge in [0, 0.05) is 22.9 Å². The van der Waals surface area contributed by atoms with E-state index in [4.69, 9.17) is 26.1 Å². The van der Waals surface area contributed by atoms with Crippen LogP contribution in [0.25, 0.3) is 33.1 Å². The molecular weight excluding hydrogens is 471 g/mol. The Labute approximate surface area is 208 Å². The summed E-state index contributed by atoms with van der Waals surface area (Å²) in [6, 6.07) is 6.48. The van der Waals surface area contributed by atoms with E-state index >= 15 is 0 Å². The summed E-state index contributed by atoms with van der Waals surface area (Å²) < 4.78 is 26.5. The number of alkyl halides is 1. The van der Waals surface area contributed by atoms with Gasteiger partial charge in [-0.1, -0.05) is 25.4 Å². The van der Waals surface area contributed by atoms with Crippen molar-refractivity contribution in [3.8, 4) is 28.5 Å². The first-order valence-corrected chi connectivity index (χ1v) is 12.2. The number of aromatic nitrogens is 3. The molecule has 4 aromatic rings. The Hall–Kier alpha value is -3.10. The summed E-state index contributed by atoms with van der Waals surface area (Å²) in [7, 11) is 1.57. The lowest BCUT2D eigenvalue weighted by Crippen LogP contribution is -2.30. The Morgan fingerprint density at radius 2 is 1.89 bits per heavy atom. The fourth-order valence-corrected chi connectivity index (χ4v) is 4.65. The molecule has 0 radical (unpaired) electrons. The molecule has 0 amide bonds. The number of ether oxygens (including phenoxy) is 2. The lowest BCUT2D eigenvalue weighted by Gasteiger charge is -2.22. The van der Waals surface area contributed by atoms with Crippen molar-refractivity contribution in [2.24, 2.45) is 0 Å². The first-order chi connectivity index (χ1) is 17.0. The number of halogens is 2. The SMILES string of the molecule is CCCN(CCC)CCOc1cc(CF)c2c(-c3ccc(O)c(Cl)c3)nc3[nH]ncc3c2c1OC. The number of methoxy groups -OCH3 is 1. The highest BCUT2D eigenvalue weighted by molar-refractivity contribution is 6.32. The van der Waals surface area contributed by atoms with Crippen molar-refractivity contribution >= 4 is 33.4 Å². The van der Waals surface area contributed by atoms with Crippen LogP contribution in [0.3, 0.4) is 0 Å². The maximum absolute atomic E-state index is 14.5. The number of aromatic amines is 1. The summed E-state index contributed by atoms with van der Waals surface area (Å²) in [5.41, 5.74) is 2.08. The number of hydrogen-bond acceptors (Lipinski definition) is 6. The predicted molar refractivity (Wildman–Crippen MR) is 137 cm³/mol. The standard InChI is InChI=1S/C26H30ClFN4O3/c1-4-8-32(9-5-2)10-11-35-21-13-17(14-28)22-23(25(21)34-3)18-15-29-31-26(18)30-24(22)16-6-7-20(33)19(27)12-16/h6-7,12-13,15,33H,4-5,8-11,14H2,1-3H3,(H,29,30,31). The molecule has 0 unspecified atom stereocenters. The molecule has 0 bridgehead atoms. The molecule has 0 saturated carbocycles. The van der Waals surface area contributed by atoms with Crippen molar-refractivity contribution in [1.82, 2.24) is 20.1 Å². The molecule has 0 spiro atoms. The van der Waals surface area contributed by atoms with E-state index in [1.165, 1.54) is 6.07 Å². The van der Waals surface area contributed by atoms with Crippen LogP contribution in [0.4, 0.5) is 4.39 Å². The zero-order valence-electron chi connectivity index (χ0n) is 20.2. The van der Waals surface area contributed by atoms with Gasteiger partial charge in [-0.3, -0.25) is 10.00 Å². The number of phenolic OH excluding ortho intramolecular Hbond substituents is 1. The molecule has 2 aromatic carbocycles. The predicted octanol–water partition coefficient (Wildman–Crippen LogP) is 6.12. The first-order valence-electron chi connectivity index (χ1n) is 11.8. The van der Waals surface area contributed by atoms with Crippen molar-refractivity contribution in [3.05, 3.63) is 41.0 Å². The molecule has 0 aliphatic heterocycles. The van der Waals surface area contributed by atoms with Gasteiger partial charge in [0.25, 0.3) is 0 Å². The van der Waals surface area contributed by atoms with E-state index in [2.05, 4.69) is 28.9 Å². The third-order valence-electron chi connectivity index (χ3n) is 5.99. The summed E-state index contributed by atoms with van der Waals surface area (Å²) in [6.45, 7) is 6.82. The van der Waals surface area contributed by atoms with Crippen LogP contribution < -0.4 is 9.47 Å². The molecular formula is C26H30ClFN4O3. The molecule has 0 aliphatic rings.